The van der Waals surface area contributed by atoms with E-state index in [4.69, 9.17) is 11.6 Å². The first-order valence-electron chi connectivity index (χ1n) is 6.09. The first kappa shape index (κ1) is 13.1. The molecule has 1 aliphatic heterocycles. The highest BCUT2D eigenvalue weighted by Gasteiger charge is 2.18. The highest BCUT2D eigenvalue weighted by molar-refractivity contribution is 6.29. The molecule has 5 nitrogen and oxygen atoms in total. The summed E-state index contributed by atoms with van der Waals surface area (Å²) in [7, 11) is 0. The van der Waals surface area contributed by atoms with E-state index in [0.717, 1.165) is 25.9 Å². The highest BCUT2D eigenvalue weighted by atomic mass is 35.5. The molecule has 0 atom stereocenters. The number of aryl methyl sites for hydroxylation is 1. The van der Waals surface area contributed by atoms with Crippen molar-refractivity contribution < 1.29 is 4.79 Å². The number of piperidine rings is 1. The Balaban J connectivity index is 2.14. The van der Waals surface area contributed by atoms with Gasteiger partial charge in [0.1, 0.15) is 17.5 Å². The lowest BCUT2D eigenvalue weighted by molar-refractivity contribution is -0.132. The number of carbonyl (C=O) groups excluding carboxylic acids is 1. The third-order valence-corrected chi connectivity index (χ3v) is 3.36. The third-order valence-electron chi connectivity index (χ3n) is 3.17. The lowest BCUT2D eigenvalue weighted by Crippen LogP contribution is -2.40. The van der Waals surface area contributed by atoms with E-state index in [9.17, 15) is 9.59 Å². The Bertz CT molecular complexity index is 507. The minimum Gasteiger partial charge on any atom is -0.341 e. The first-order chi connectivity index (χ1) is 8.58. The Morgan fingerprint density at radius 1 is 1.39 bits per heavy atom. The molecule has 0 unspecified atom stereocenters. The summed E-state index contributed by atoms with van der Waals surface area (Å²) in [5.41, 5.74) is -0.280. The number of carbonyl (C=O) groups is 1. The molecule has 0 spiro atoms. The van der Waals surface area contributed by atoms with Gasteiger partial charge in [0.05, 0.1) is 0 Å². The number of hydrogen-bond acceptors (Lipinski definition) is 3. The second-order valence-corrected chi connectivity index (χ2v) is 4.88. The summed E-state index contributed by atoms with van der Waals surface area (Å²) >= 11 is 5.69. The molecular weight excluding hydrogens is 254 g/mol. The van der Waals surface area contributed by atoms with Gasteiger partial charge in [0.15, 0.2) is 0 Å². The van der Waals surface area contributed by atoms with Gasteiger partial charge in [-0.25, -0.2) is 4.98 Å². The third kappa shape index (κ3) is 2.90. The summed E-state index contributed by atoms with van der Waals surface area (Å²) in [6, 6.07) is 1.23. The van der Waals surface area contributed by atoms with Crippen molar-refractivity contribution in [1.82, 2.24) is 14.5 Å². The van der Waals surface area contributed by atoms with Crippen LogP contribution >= 0.6 is 11.6 Å². The van der Waals surface area contributed by atoms with Crippen LogP contribution < -0.4 is 5.56 Å². The predicted molar refractivity (Wildman–Crippen MR) is 68.7 cm³/mol. The normalized spacial score (nSPS) is 15.8. The number of amides is 1. The van der Waals surface area contributed by atoms with Gasteiger partial charge in [-0.2, -0.15) is 0 Å². The maximum absolute atomic E-state index is 12.1. The van der Waals surface area contributed by atoms with Gasteiger partial charge in [0, 0.05) is 19.2 Å². The van der Waals surface area contributed by atoms with Crippen LogP contribution in [0.15, 0.2) is 10.9 Å². The summed E-state index contributed by atoms with van der Waals surface area (Å²) in [5.74, 6) is 0.446. The van der Waals surface area contributed by atoms with Gasteiger partial charge >= 0.3 is 0 Å². The van der Waals surface area contributed by atoms with E-state index in [2.05, 4.69) is 4.98 Å². The van der Waals surface area contributed by atoms with Crippen LogP contribution in [0.1, 0.15) is 25.1 Å². The molecule has 6 heteroatoms. The van der Waals surface area contributed by atoms with Crippen molar-refractivity contribution in [2.75, 3.05) is 13.1 Å². The molecule has 1 aromatic heterocycles. The van der Waals surface area contributed by atoms with Crippen LogP contribution in [0, 0.1) is 6.92 Å². The molecule has 0 saturated carbocycles. The van der Waals surface area contributed by atoms with Crippen LogP contribution in [0.5, 0.6) is 0 Å². The Labute approximate surface area is 110 Å². The average molecular weight is 270 g/mol. The monoisotopic (exact) mass is 269 g/mol. The van der Waals surface area contributed by atoms with Crippen molar-refractivity contribution >= 4 is 17.5 Å². The van der Waals surface area contributed by atoms with Crippen LogP contribution in [-0.4, -0.2) is 33.4 Å². The topological polar surface area (TPSA) is 55.2 Å². The molecule has 2 heterocycles. The zero-order valence-electron chi connectivity index (χ0n) is 10.4. The Hall–Kier alpha value is -1.36. The van der Waals surface area contributed by atoms with Crippen molar-refractivity contribution in [3.63, 3.8) is 0 Å². The second-order valence-electron chi connectivity index (χ2n) is 4.49. The zero-order chi connectivity index (χ0) is 13.1. The number of likely N-dealkylation sites (tertiary alicyclic amines) is 1. The average Bonchev–Trinajstić information content (AvgIpc) is 2.34. The minimum atomic E-state index is -0.280. The van der Waals surface area contributed by atoms with Crippen LogP contribution in [0.25, 0.3) is 0 Å². The number of hydrogen-bond donors (Lipinski definition) is 0. The van der Waals surface area contributed by atoms with Crippen LogP contribution in [0.2, 0.25) is 5.15 Å². The maximum Gasteiger partial charge on any atom is 0.255 e. The summed E-state index contributed by atoms with van der Waals surface area (Å²) in [6.45, 7) is 3.30. The molecule has 1 fully saturated rings. The molecule has 0 bridgehead atoms. The van der Waals surface area contributed by atoms with Gasteiger partial charge in [0.2, 0.25) is 5.91 Å². The molecule has 1 saturated heterocycles. The SMILES string of the molecule is Cc1nc(Cl)cc(=O)n1CC(=O)N1CCCCC1. The van der Waals surface area contributed by atoms with E-state index >= 15 is 0 Å². The van der Waals surface area contributed by atoms with Crippen molar-refractivity contribution in [2.24, 2.45) is 0 Å². The first-order valence-corrected chi connectivity index (χ1v) is 6.47. The fraction of sp³-hybridized carbons (Fsp3) is 0.583. The number of aromatic nitrogens is 2. The molecular formula is C12H16ClN3O2. The lowest BCUT2D eigenvalue weighted by atomic mass is 10.1. The van der Waals surface area contributed by atoms with E-state index in [1.165, 1.54) is 17.1 Å². The molecule has 0 aromatic carbocycles. The standard InChI is InChI=1S/C12H16ClN3O2/c1-9-14-10(13)7-11(17)16(9)8-12(18)15-5-3-2-4-6-15/h7H,2-6,8H2,1H3. The van der Waals surface area contributed by atoms with E-state index in [1.807, 2.05) is 4.90 Å². The molecule has 2 rings (SSSR count). The Morgan fingerprint density at radius 2 is 2.06 bits per heavy atom. The summed E-state index contributed by atoms with van der Waals surface area (Å²) in [6.07, 6.45) is 3.25. The van der Waals surface area contributed by atoms with Crippen LogP contribution in [0.3, 0.4) is 0 Å². The summed E-state index contributed by atoms with van der Waals surface area (Å²) in [5, 5.41) is 0.166. The Morgan fingerprint density at radius 3 is 2.67 bits per heavy atom. The Kier molecular flexibility index (Phi) is 4.01. The smallest absolute Gasteiger partial charge is 0.255 e. The maximum atomic E-state index is 12.1. The number of rotatable bonds is 2. The highest BCUT2D eigenvalue weighted by Crippen LogP contribution is 2.09. The number of nitrogens with zero attached hydrogens (tertiary/aromatic N) is 3. The van der Waals surface area contributed by atoms with Gasteiger partial charge in [-0.05, 0) is 26.2 Å². The zero-order valence-corrected chi connectivity index (χ0v) is 11.1. The molecule has 0 aliphatic carbocycles. The van der Waals surface area contributed by atoms with E-state index in [0.29, 0.717) is 5.82 Å². The fourth-order valence-electron chi connectivity index (χ4n) is 2.16. The summed E-state index contributed by atoms with van der Waals surface area (Å²) in [4.78, 5) is 29.6. The van der Waals surface area contributed by atoms with Crippen LogP contribution in [0.4, 0.5) is 0 Å². The van der Waals surface area contributed by atoms with Crippen LogP contribution in [-0.2, 0) is 11.3 Å². The van der Waals surface area contributed by atoms with Gasteiger partial charge in [0.25, 0.3) is 5.56 Å². The molecule has 0 N–H and O–H groups in total. The lowest BCUT2D eigenvalue weighted by Gasteiger charge is -2.27. The molecule has 1 aromatic rings. The molecule has 1 aliphatic rings. The molecule has 1 amide bonds. The van der Waals surface area contributed by atoms with E-state index in [-0.39, 0.29) is 23.2 Å². The second kappa shape index (κ2) is 5.52. The van der Waals surface area contributed by atoms with Crippen molar-refractivity contribution in [3.8, 4) is 0 Å². The summed E-state index contributed by atoms with van der Waals surface area (Å²) < 4.78 is 1.36. The molecule has 98 valence electrons. The fourth-order valence-corrected chi connectivity index (χ4v) is 2.37. The van der Waals surface area contributed by atoms with E-state index in [1.54, 1.807) is 6.92 Å². The molecule has 0 radical (unpaired) electrons. The minimum absolute atomic E-state index is 0.0241. The number of halogens is 1. The molecule has 18 heavy (non-hydrogen) atoms. The van der Waals surface area contributed by atoms with Gasteiger partial charge in [-0.15, -0.1) is 0 Å². The van der Waals surface area contributed by atoms with Crippen molar-refractivity contribution in [2.45, 2.75) is 32.7 Å². The van der Waals surface area contributed by atoms with Crippen molar-refractivity contribution in [3.05, 3.63) is 27.4 Å². The predicted octanol–water partition coefficient (Wildman–Crippen LogP) is 1.22. The van der Waals surface area contributed by atoms with Gasteiger partial charge < -0.3 is 4.90 Å². The quantitative estimate of drug-likeness (QED) is 0.759. The van der Waals surface area contributed by atoms with E-state index < -0.39 is 0 Å². The largest absolute Gasteiger partial charge is 0.341 e. The van der Waals surface area contributed by atoms with Gasteiger partial charge in [-0.1, -0.05) is 11.6 Å². The van der Waals surface area contributed by atoms with Crippen molar-refractivity contribution in [1.29, 1.82) is 0 Å². The van der Waals surface area contributed by atoms with Gasteiger partial charge in [-0.3, -0.25) is 14.2 Å².